The number of hydrogen-bond acceptors (Lipinski definition) is 4. The van der Waals surface area contributed by atoms with Gasteiger partial charge in [-0.05, 0) is 12.1 Å². The molecule has 106 valence electrons. The number of nitrogen functional groups attached to an aromatic ring is 1. The van der Waals surface area contributed by atoms with E-state index in [2.05, 4.69) is 23.2 Å². The van der Waals surface area contributed by atoms with E-state index in [1.54, 1.807) is 11.8 Å². The zero-order chi connectivity index (χ0) is 14.2. The third-order valence-corrected chi connectivity index (χ3v) is 4.41. The lowest BCUT2D eigenvalue weighted by Crippen LogP contribution is -2.15. The number of nitrogens with two attached hydrogens (primary N) is 1. The van der Waals surface area contributed by atoms with Crippen LogP contribution in [-0.2, 0) is 0 Å². The molecule has 0 unspecified atom stereocenters. The van der Waals surface area contributed by atoms with Crippen LogP contribution in [-0.4, -0.2) is 18.2 Å². The van der Waals surface area contributed by atoms with Crippen LogP contribution in [0.15, 0.2) is 52.4 Å². The highest BCUT2D eigenvalue weighted by atomic mass is 32.2. The lowest BCUT2D eigenvalue weighted by atomic mass is 10.2. The molecule has 2 aromatic carbocycles. The number of H-pyrrole nitrogens is 1. The molecule has 0 spiro atoms. The lowest BCUT2D eigenvalue weighted by molar-refractivity contribution is 0.171. The Hall–Kier alpha value is -2.27. The van der Waals surface area contributed by atoms with Crippen LogP contribution in [0.1, 0.15) is 0 Å². The molecule has 0 amide bonds. The lowest BCUT2D eigenvalue weighted by Gasteiger charge is -2.19. The zero-order valence-electron chi connectivity index (χ0n) is 11.3. The van der Waals surface area contributed by atoms with Crippen molar-refractivity contribution in [3.05, 3.63) is 42.5 Å². The Morgan fingerprint density at radius 3 is 2.57 bits per heavy atom. The van der Waals surface area contributed by atoms with Crippen LogP contribution in [0.4, 0.5) is 5.69 Å². The molecule has 3 aromatic rings. The molecule has 5 heteroatoms. The maximum Gasteiger partial charge on any atom is 0.163 e. The van der Waals surface area contributed by atoms with Crippen LogP contribution in [0.25, 0.3) is 10.9 Å². The van der Waals surface area contributed by atoms with Crippen LogP contribution in [0.3, 0.4) is 0 Å². The van der Waals surface area contributed by atoms with Gasteiger partial charge in [0.05, 0.1) is 5.03 Å². The van der Waals surface area contributed by atoms with E-state index in [4.69, 9.17) is 15.2 Å². The molecule has 3 N–H and O–H groups in total. The van der Waals surface area contributed by atoms with Gasteiger partial charge in [0, 0.05) is 33.6 Å². The monoisotopic (exact) mass is 298 g/mol. The van der Waals surface area contributed by atoms with E-state index in [9.17, 15) is 0 Å². The van der Waals surface area contributed by atoms with Gasteiger partial charge in [0.15, 0.2) is 11.5 Å². The van der Waals surface area contributed by atoms with E-state index >= 15 is 0 Å². The van der Waals surface area contributed by atoms with Crippen LogP contribution in [0.2, 0.25) is 0 Å². The Morgan fingerprint density at radius 2 is 1.76 bits per heavy atom. The van der Waals surface area contributed by atoms with Gasteiger partial charge in [-0.25, -0.2) is 0 Å². The summed E-state index contributed by atoms with van der Waals surface area (Å²) in [5.41, 5.74) is 7.93. The van der Waals surface area contributed by atoms with Crippen molar-refractivity contribution < 1.29 is 9.47 Å². The third kappa shape index (κ3) is 2.29. The summed E-state index contributed by atoms with van der Waals surface area (Å²) in [5, 5.41) is 2.25. The second kappa shape index (κ2) is 4.93. The van der Waals surface area contributed by atoms with Gasteiger partial charge in [0.1, 0.15) is 13.2 Å². The summed E-state index contributed by atoms with van der Waals surface area (Å²) < 4.78 is 11.1. The van der Waals surface area contributed by atoms with Gasteiger partial charge in [-0.3, -0.25) is 0 Å². The average molecular weight is 298 g/mol. The highest BCUT2D eigenvalue weighted by Crippen LogP contribution is 2.41. The summed E-state index contributed by atoms with van der Waals surface area (Å²) in [6.07, 6.45) is 0. The number of benzene rings is 2. The molecule has 21 heavy (non-hydrogen) atoms. The van der Waals surface area contributed by atoms with Gasteiger partial charge < -0.3 is 20.2 Å². The molecule has 2 heterocycles. The van der Waals surface area contributed by atoms with E-state index in [1.165, 1.54) is 5.39 Å². The molecular formula is C16H14N2O2S. The Morgan fingerprint density at radius 1 is 1.00 bits per heavy atom. The fourth-order valence-corrected chi connectivity index (χ4v) is 3.32. The Kier molecular flexibility index (Phi) is 2.93. The minimum Gasteiger partial charge on any atom is -0.486 e. The first-order valence-electron chi connectivity index (χ1n) is 6.74. The Bertz CT molecular complexity index is 780. The maximum atomic E-state index is 6.12. The smallest absolute Gasteiger partial charge is 0.163 e. The molecule has 0 fully saturated rings. The molecule has 1 aliphatic heterocycles. The van der Waals surface area contributed by atoms with Crippen molar-refractivity contribution in [2.75, 3.05) is 18.9 Å². The number of hydrogen-bond donors (Lipinski definition) is 2. The van der Waals surface area contributed by atoms with Crippen LogP contribution in [0.5, 0.6) is 11.5 Å². The Balaban J connectivity index is 1.70. The van der Waals surface area contributed by atoms with Crippen molar-refractivity contribution in [1.29, 1.82) is 0 Å². The number of ether oxygens (including phenoxy) is 2. The largest absolute Gasteiger partial charge is 0.486 e. The summed E-state index contributed by atoms with van der Waals surface area (Å²) in [4.78, 5) is 4.35. The zero-order valence-corrected chi connectivity index (χ0v) is 12.1. The van der Waals surface area contributed by atoms with Crippen LogP contribution in [0, 0.1) is 0 Å². The minimum atomic E-state index is 0.570. The second-order valence-corrected chi connectivity index (χ2v) is 5.94. The number of para-hydroxylation sites is 1. The topological polar surface area (TPSA) is 60.3 Å². The number of nitrogens with one attached hydrogen (secondary N) is 1. The van der Waals surface area contributed by atoms with Crippen molar-refractivity contribution in [3.8, 4) is 11.5 Å². The number of anilines is 1. The summed E-state index contributed by atoms with van der Waals surface area (Å²) in [6, 6.07) is 14.1. The molecule has 0 radical (unpaired) electrons. The number of aromatic nitrogens is 1. The molecule has 0 aliphatic carbocycles. The molecule has 1 aromatic heterocycles. The number of fused-ring (bicyclic) bond motifs is 2. The van der Waals surface area contributed by atoms with Gasteiger partial charge >= 0.3 is 0 Å². The first-order valence-corrected chi connectivity index (χ1v) is 7.56. The van der Waals surface area contributed by atoms with E-state index in [0.29, 0.717) is 18.9 Å². The molecule has 1 aliphatic rings. The average Bonchev–Trinajstić information content (AvgIpc) is 2.90. The summed E-state index contributed by atoms with van der Waals surface area (Å²) >= 11 is 1.60. The van der Waals surface area contributed by atoms with E-state index < -0.39 is 0 Å². The quantitative estimate of drug-likeness (QED) is 0.709. The van der Waals surface area contributed by atoms with Crippen molar-refractivity contribution in [3.63, 3.8) is 0 Å². The second-order valence-electron chi connectivity index (χ2n) is 4.86. The maximum absolute atomic E-state index is 6.12. The van der Waals surface area contributed by atoms with E-state index in [1.807, 2.05) is 24.3 Å². The van der Waals surface area contributed by atoms with Crippen molar-refractivity contribution in [2.24, 2.45) is 0 Å². The summed E-state index contributed by atoms with van der Waals surface area (Å²) in [5.74, 6) is 1.48. The highest BCUT2D eigenvalue weighted by Gasteiger charge is 2.15. The van der Waals surface area contributed by atoms with Gasteiger partial charge in [-0.15, -0.1) is 0 Å². The van der Waals surface area contributed by atoms with Crippen LogP contribution >= 0.6 is 11.8 Å². The number of aromatic amines is 1. The minimum absolute atomic E-state index is 0.570. The van der Waals surface area contributed by atoms with Gasteiger partial charge in [-0.2, -0.15) is 0 Å². The van der Waals surface area contributed by atoms with E-state index in [0.717, 1.165) is 26.9 Å². The normalized spacial score (nSPS) is 13.5. The summed E-state index contributed by atoms with van der Waals surface area (Å²) in [7, 11) is 0. The van der Waals surface area contributed by atoms with Gasteiger partial charge in [0.25, 0.3) is 0 Å². The summed E-state index contributed by atoms with van der Waals surface area (Å²) in [6.45, 7) is 1.15. The highest BCUT2D eigenvalue weighted by molar-refractivity contribution is 7.99. The first-order chi connectivity index (χ1) is 10.3. The number of rotatable bonds is 2. The molecule has 4 nitrogen and oxygen atoms in total. The van der Waals surface area contributed by atoms with Crippen LogP contribution < -0.4 is 15.2 Å². The van der Waals surface area contributed by atoms with Gasteiger partial charge in [-0.1, -0.05) is 30.0 Å². The molecule has 0 bridgehead atoms. The molecule has 0 atom stereocenters. The third-order valence-electron chi connectivity index (χ3n) is 3.40. The molecule has 0 saturated heterocycles. The molecule has 4 rings (SSSR count). The van der Waals surface area contributed by atoms with Gasteiger partial charge in [0.2, 0.25) is 0 Å². The van der Waals surface area contributed by atoms with Crippen molar-refractivity contribution >= 4 is 28.4 Å². The fraction of sp³-hybridized carbons (Fsp3) is 0.125. The SMILES string of the molecule is Nc1cc2c(cc1Sc1cc3ccccc3[nH]1)OCCO2. The Labute approximate surface area is 126 Å². The predicted molar refractivity (Wildman–Crippen MR) is 84.3 cm³/mol. The van der Waals surface area contributed by atoms with Crippen molar-refractivity contribution in [1.82, 2.24) is 4.98 Å². The first kappa shape index (κ1) is 12.5. The van der Waals surface area contributed by atoms with Crippen molar-refractivity contribution in [2.45, 2.75) is 9.92 Å². The predicted octanol–water partition coefficient (Wildman–Crippen LogP) is 3.67. The standard InChI is InChI=1S/C16H14N2O2S/c17-11-8-13-14(20-6-5-19-13)9-15(11)21-16-7-10-3-1-2-4-12(10)18-16/h1-4,7-9,18H,5-6,17H2. The molecule has 0 saturated carbocycles. The fourth-order valence-electron chi connectivity index (χ4n) is 2.39. The molecular weight excluding hydrogens is 284 g/mol. The van der Waals surface area contributed by atoms with E-state index in [-0.39, 0.29) is 0 Å².